The zero-order valence-corrected chi connectivity index (χ0v) is 23.3. The number of hydrogen-bond donors (Lipinski definition) is 2. The van der Waals surface area contributed by atoms with E-state index < -0.39 is 45.6 Å². The Morgan fingerprint density at radius 3 is 1.91 bits per heavy atom. The number of carbonyl (C=O) groups excluding carboxylic acids is 1. The van der Waals surface area contributed by atoms with Crippen molar-refractivity contribution in [3.8, 4) is 0 Å². The highest BCUT2D eigenvalue weighted by atomic mass is 32.1. The summed E-state index contributed by atoms with van der Waals surface area (Å²) < 4.78 is 69.1. The molecule has 0 saturated carbocycles. The molecule has 43 heavy (non-hydrogen) atoms. The van der Waals surface area contributed by atoms with Crippen molar-refractivity contribution in [1.82, 2.24) is 5.32 Å². The average Bonchev–Trinajstić information content (AvgIpc) is 3.54. The molecular weight excluding hydrogens is 595 g/mol. The monoisotopic (exact) mass is 620 g/mol. The number of anilines is 4. The number of rotatable bonds is 6. The molecule has 0 radical (unpaired) electrons. The summed E-state index contributed by atoms with van der Waals surface area (Å²) in [7, 11) is 0. The van der Waals surface area contributed by atoms with Gasteiger partial charge >= 0.3 is 0 Å². The molecule has 2 saturated heterocycles. The zero-order chi connectivity index (χ0) is 30.8. The van der Waals surface area contributed by atoms with Crippen LogP contribution in [0.3, 0.4) is 0 Å². The van der Waals surface area contributed by atoms with Crippen molar-refractivity contribution >= 4 is 51.7 Å². The minimum absolute atomic E-state index is 0.0195. The first-order valence-electron chi connectivity index (χ1n) is 13.3. The maximum absolute atomic E-state index is 14.2. The van der Waals surface area contributed by atoms with Gasteiger partial charge in [-0.05, 0) is 61.5 Å². The first kappa shape index (κ1) is 29.9. The van der Waals surface area contributed by atoms with E-state index in [0.717, 1.165) is 23.4 Å². The van der Waals surface area contributed by atoms with E-state index in [4.69, 9.17) is 12.2 Å². The van der Waals surface area contributed by atoms with Crippen LogP contribution in [0, 0.1) is 39.2 Å². The van der Waals surface area contributed by atoms with Crippen LogP contribution in [-0.2, 0) is 0 Å². The molecule has 3 aromatic carbocycles. The van der Waals surface area contributed by atoms with Gasteiger partial charge in [-0.3, -0.25) is 20.2 Å². The van der Waals surface area contributed by atoms with E-state index >= 15 is 0 Å². The molecule has 0 unspecified atom stereocenters. The maximum atomic E-state index is 14.2. The first-order chi connectivity index (χ1) is 20.5. The molecule has 3 aromatic rings. The number of halogens is 5. The van der Waals surface area contributed by atoms with Crippen LogP contribution < -0.4 is 25.3 Å². The lowest BCUT2D eigenvalue weighted by Gasteiger charge is -2.37. The van der Waals surface area contributed by atoms with Crippen LogP contribution in [-0.4, -0.2) is 55.2 Å². The Balaban J connectivity index is 1.17. The third kappa shape index (κ3) is 6.16. The zero-order valence-electron chi connectivity index (χ0n) is 22.5. The van der Waals surface area contributed by atoms with Crippen molar-refractivity contribution in [2.24, 2.45) is 0 Å². The number of carbonyl (C=O) groups is 1. The molecular formula is C28H25F5N6O3S. The van der Waals surface area contributed by atoms with Crippen LogP contribution >= 0.6 is 12.2 Å². The van der Waals surface area contributed by atoms with Gasteiger partial charge < -0.3 is 20.0 Å². The summed E-state index contributed by atoms with van der Waals surface area (Å²) in [5.41, 5.74) is 0.728. The molecule has 0 bridgehead atoms. The van der Waals surface area contributed by atoms with Crippen LogP contribution in [0.4, 0.5) is 50.4 Å². The molecule has 2 aliphatic rings. The third-order valence-corrected chi connectivity index (χ3v) is 7.59. The minimum Gasteiger partial charge on any atom is -0.368 e. The van der Waals surface area contributed by atoms with Crippen molar-refractivity contribution in [1.29, 1.82) is 0 Å². The van der Waals surface area contributed by atoms with Crippen LogP contribution in [0.5, 0.6) is 0 Å². The normalized spacial score (nSPS) is 15.0. The number of benzene rings is 3. The molecule has 0 spiro atoms. The molecule has 226 valence electrons. The molecule has 1 amide bonds. The van der Waals surface area contributed by atoms with Crippen molar-refractivity contribution < 1.29 is 31.7 Å². The van der Waals surface area contributed by atoms with E-state index in [1.165, 1.54) is 12.1 Å². The minimum atomic E-state index is -2.19. The first-order valence-corrected chi connectivity index (χ1v) is 13.7. The Kier molecular flexibility index (Phi) is 8.62. The van der Waals surface area contributed by atoms with E-state index in [2.05, 4.69) is 10.6 Å². The second-order valence-corrected chi connectivity index (χ2v) is 10.4. The van der Waals surface area contributed by atoms with Gasteiger partial charge in [0.1, 0.15) is 11.4 Å². The standard InChI is InChI=1S/C28H25F5N6O3S/c29-21-22(30)24(32)26(25(33)23(21)31)38-13-11-36(12-14-38)18-6-4-17(5-7-18)34-28(43)35-27(40)16-3-8-19(20(15-16)39(41)42)37-9-1-2-10-37/h3-8,15H,1-2,9-14H2,(H2,34,35,40,43). The maximum Gasteiger partial charge on any atom is 0.293 e. The largest absolute Gasteiger partial charge is 0.368 e. The van der Waals surface area contributed by atoms with Gasteiger partial charge in [-0.15, -0.1) is 0 Å². The molecule has 2 heterocycles. The van der Waals surface area contributed by atoms with Crippen molar-refractivity contribution in [2.45, 2.75) is 12.8 Å². The van der Waals surface area contributed by atoms with Crippen molar-refractivity contribution in [2.75, 3.05) is 59.3 Å². The number of nitro benzene ring substituents is 1. The lowest BCUT2D eigenvalue weighted by molar-refractivity contribution is -0.384. The predicted molar refractivity (Wildman–Crippen MR) is 155 cm³/mol. The van der Waals surface area contributed by atoms with E-state index in [-0.39, 0.29) is 42.5 Å². The molecule has 9 nitrogen and oxygen atoms in total. The van der Waals surface area contributed by atoms with E-state index in [1.54, 1.807) is 30.3 Å². The Labute approximate surface area is 248 Å². The molecule has 5 rings (SSSR count). The second-order valence-electron chi connectivity index (χ2n) is 10.0. The highest BCUT2D eigenvalue weighted by Gasteiger charge is 2.31. The van der Waals surface area contributed by atoms with Crippen LogP contribution in [0.15, 0.2) is 42.5 Å². The number of amides is 1. The summed E-state index contributed by atoms with van der Waals surface area (Å²) in [5, 5.41) is 17.0. The summed E-state index contributed by atoms with van der Waals surface area (Å²) in [6.45, 7) is 1.98. The van der Waals surface area contributed by atoms with Gasteiger partial charge in [-0.2, -0.15) is 0 Å². The molecule has 2 N–H and O–H groups in total. The number of hydrogen-bond acceptors (Lipinski definition) is 7. The van der Waals surface area contributed by atoms with Gasteiger partial charge in [0, 0.05) is 62.3 Å². The fourth-order valence-electron chi connectivity index (χ4n) is 5.19. The summed E-state index contributed by atoms with van der Waals surface area (Å²) in [6, 6.07) is 11.1. The highest BCUT2D eigenvalue weighted by molar-refractivity contribution is 7.80. The number of piperazine rings is 1. The van der Waals surface area contributed by atoms with Gasteiger partial charge in [0.15, 0.2) is 28.4 Å². The molecule has 2 fully saturated rings. The number of nitrogens with one attached hydrogen (secondary N) is 2. The molecule has 0 aromatic heterocycles. The fourth-order valence-corrected chi connectivity index (χ4v) is 5.40. The SMILES string of the molecule is O=C(NC(=S)Nc1ccc(N2CCN(c3c(F)c(F)c(F)c(F)c3F)CC2)cc1)c1ccc(N2CCCC2)c([N+](=O)[O-])c1. The number of thiocarbonyl (C=S) groups is 1. The van der Waals surface area contributed by atoms with Gasteiger partial charge in [0.05, 0.1) is 4.92 Å². The smallest absolute Gasteiger partial charge is 0.293 e. The summed E-state index contributed by atoms with van der Waals surface area (Å²) in [6.07, 6.45) is 1.89. The third-order valence-electron chi connectivity index (χ3n) is 7.38. The van der Waals surface area contributed by atoms with Crippen LogP contribution in [0.25, 0.3) is 0 Å². The Bertz CT molecular complexity index is 1550. The predicted octanol–water partition coefficient (Wildman–Crippen LogP) is 5.34. The Hall–Kier alpha value is -4.53. The molecule has 0 atom stereocenters. The van der Waals surface area contributed by atoms with Gasteiger partial charge in [0.25, 0.3) is 11.6 Å². The highest BCUT2D eigenvalue weighted by Crippen LogP contribution is 2.33. The topological polar surface area (TPSA) is 94.0 Å². The summed E-state index contributed by atoms with van der Waals surface area (Å²) in [4.78, 5) is 28.8. The average molecular weight is 621 g/mol. The molecule has 2 aliphatic heterocycles. The van der Waals surface area contributed by atoms with Gasteiger partial charge in [0.2, 0.25) is 5.82 Å². The Morgan fingerprint density at radius 2 is 1.33 bits per heavy atom. The molecule has 15 heteroatoms. The van der Waals surface area contributed by atoms with E-state index in [0.29, 0.717) is 24.5 Å². The molecule has 0 aliphatic carbocycles. The second kappa shape index (κ2) is 12.4. The van der Waals surface area contributed by atoms with Gasteiger partial charge in [-0.25, -0.2) is 22.0 Å². The van der Waals surface area contributed by atoms with Gasteiger partial charge in [-0.1, -0.05) is 0 Å². The summed E-state index contributed by atoms with van der Waals surface area (Å²) >= 11 is 5.24. The van der Waals surface area contributed by atoms with Crippen molar-refractivity contribution in [3.63, 3.8) is 0 Å². The van der Waals surface area contributed by atoms with E-state index in [9.17, 15) is 36.9 Å². The number of nitro groups is 1. The number of nitrogens with zero attached hydrogens (tertiary/aromatic N) is 4. The van der Waals surface area contributed by atoms with E-state index in [1.807, 2.05) is 9.80 Å². The van der Waals surface area contributed by atoms with Crippen molar-refractivity contribution in [3.05, 3.63) is 87.2 Å². The van der Waals surface area contributed by atoms with Crippen LogP contribution in [0.2, 0.25) is 0 Å². The fraction of sp³-hybridized carbons (Fsp3) is 0.286. The lowest BCUT2D eigenvalue weighted by Crippen LogP contribution is -2.47. The summed E-state index contributed by atoms with van der Waals surface area (Å²) in [5.74, 6) is -10.5. The quantitative estimate of drug-likeness (QED) is 0.0953. The van der Waals surface area contributed by atoms with Crippen LogP contribution in [0.1, 0.15) is 23.2 Å². The Morgan fingerprint density at radius 1 is 0.767 bits per heavy atom. The lowest BCUT2D eigenvalue weighted by atomic mass is 10.1.